The molecule has 1 aromatic heterocycles. The summed E-state index contributed by atoms with van der Waals surface area (Å²) >= 11 is 0. The van der Waals surface area contributed by atoms with Gasteiger partial charge >= 0.3 is 0 Å². The number of benzene rings is 1. The summed E-state index contributed by atoms with van der Waals surface area (Å²) in [5, 5.41) is 7.17. The number of nitrogens with one attached hydrogen (secondary N) is 1. The lowest BCUT2D eigenvalue weighted by Crippen LogP contribution is -2.20. The fraction of sp³-hybridized carbons (Fsp3) is 0.368. The molecule has 0 fully saturated rings. The van der Waals surface area contributed by atoms with Crippen LogP contribution in [0, 0.1) is 13.8 Å². The first-order chi connectivity index (χ1) is 10.8. The number of nitrogens with zero attached hydrogens (tertiary/aromatic N) is 1. The third kappa shape index (κ3) is 2.81. The summed E-state index contributed by atoms with van der Waals surface area (Å²) in [4.78, 5) is 12.8. The summed E-state index contributed by atoms with van der Waals surface area (Å²) in [6, 6.07) is 3.94. The number of ketones is 1. The maximum Gasteiger partial charge on any atom is 0.196 e. The van der Waals surface area contributed by atoms with Crippen LogP contribution in [0.5, 0.6) is 5.75 Å². The van der Waals surface area contributed by atoms with E-state index in [1.54, 1.807) is 6.20 Å². The maximum atomic E-state index is 12.8. The van der Waals surface area contributed by atoms with Crippen LogP contribution in [0.15, 0.2) is 23.9 Å². The minimum absolute atomic E-state index is 0.0408. The molecule has 23 heavy (non-hydrogen) atoms. The second kappa shape index (κ2) is 5.37. The summed E-state index contributed by atoms with van der Waals surface area (Å²) in [5.74, 6) is 0.750. The Morgan fingerprint density at radius 2 is 2.00 bits per heavy atom. The van der Waals surface area contributed by atoms with E-state index in [4.69, 9.17) is 4.74 Å². The number of carbonyl (C=O) groups excluding carboxylic acids is 1. The predicted molar refractivity (Wildman–Crippen MR) is 91.0 cm³/mol. The summed E-state index contributed by atoms with van der Waals surface area (Å²) in [6.45, 7) is 10.6. The van der Waals surface area contributed by atoms with Crippen molar-refractivity contribution in [2.24, 2.45) is 0 Å². The number of aryl methyl sites for hydroxylation is 2. The topological polar surface area (TPSA) is 55.0 Å². The van der Waals surface area contributed by atoms with E-state index in [1.807, 2.05) is 32.1 Å². The number of rotatable bonds is 1. The van der Waals surface area contributed by atoms with Crippen molar-refractivity contribution in [1.29, 1.82) is 0 Å². The molecular formula is C19H22N2O2. The zero-order chi connectivity index (χ0) is 16.8. The number of hydrogen-bond acceptors (Lipinski definition) is 3. The van der Waals surface area contributed by atoms with Gasteiger partial charge in [0.05, 0.1) is 11.8 Å². The molecule has 0 unspecified atom stereocenters. The number of ether oxygens (including phenoxy) is 1. The van der Waals surface area contributed by atoms with Gasteiger partial charge in [-0.3, -0.25) is 9.89 Å². The summed E-state index contributed by atoms with van der Waals surface area (Å²) < 4.78 is 5.85. The highest BCUT2D eigenvalue weighted by molar-refractivity contribution is 6.14. The molecule has 2 heterocycles. The number of aromatic nitrogens is 2. The van der Waals surface area contributed by atoms with Crippen LogP contribution in [-0.4, -0.2) is 22.6 Å². The highest BCUT2D eigenvalue weighted by Crippen LogP contribution is 2.33. The minimum Gasteiger partial charge on any atom is -0.488 e. The smallest absolute Gasteiger partial charge is 0.196 e. The number of fused-ring (bicyclic) bond motifs is 1. The zero-order valence-electron chi connectivity index (χ0n) is 14.3. The SMILES string of the molecule is Cc1cc(C)c2c(c1)C(=O)/C(=C/c1cn[nH]c1C(C)(C)C)CO2. The van der Waals surface area contributed by atoms with Crippen molar-refractivity contribution in [1.82, 2.24) is 10.2 Å². The molecule has 0 bridgehead atoms. The monoisotopic (exact) mass is 310 g/mol. The second-order valence-electron chi connectivity index (χ2n) is 7.20. The average Bonchev–Trinajstić information content (AvgIpc) is 2.90. The first kappa shape index (κ1) is 15.5. The highest BCUT2D eigenvalue weighted by Gasteiger charge is 2.26. The van der Waals surface area contributed by atoms with Crippen molar-refractivity contribution in [3.05, 3.63) is 51.9 Å². The van der Waals surface area contributed by atoms with Gasteiger partial charge in [0, 0.05) is 22.2 Å². The number of hydrogen-bond donors (Lipinski definition) is 1. The van der Waals surface area contributed by atoms with Crippen LogP contribution >= 0.6 is 0 Å². The van der Waals surface area contributed by atoms with E-state index in [2.05, 4.69) is 31.0 Å². The van der Waals surface area contributed by atoms with Gasteiger partial charge in [0.1, 0.15) is 12.4 Å². The van der Waals surface area contributed by atoms with Crippen LogP contribution in [0.2, 0.25) is 0 Å². The molecule has 4 nitrogen and oxygen atoms in total. The Morgan fingerprint density at radius 1 is 1.26 bits per heavy atom. The molecule has 1 N–H and O–H groups in total. The van der Waals surface area contributed by atoms with Crippen molar-refractivity contribution >= 4 is 11.9 Å². The number of H-pyrrole nitrogens is 1. The Balaban J connectivity index is 2.04. The van der Waals surface area contributed by atoms with E-state index in [0.717, 1.165) is 22.4 Å². The second-order valence-corrected chi connectivity index (χ2v) is 7.20. The van der Waals surface area contributed by atoms with E-state index in [0.29, 0.717) is 23.5 Å². The van der Waals surface area contributed by atoms with E-state index in [-0.39, 0.29) is 11.2 Å². The van der Waals surface area contributed by atoms with Crippen molar-refractivity contribution in [3.8, 4) is 5.75 Å². The Bertz CT molecular complexity index is 807. The Hall–Kier alpha value is -2.36. The first-order valence-corrected chi connectivity index (χ1v) is 7.80. The largest absolute Gasteiger partial charge is 0.488 e. The number of Topliss-reactive ketones (excluding diaryl/α,β-unsaturated/α-hetero) is 1. The number of carbonyl (C=O) groups is 1. The van der Waals surface area contributed by atoms with Crippen LogP contribution in [0.3, 0.4) is 0 Å². The van der Waals surface area contributed by atoms with Gasteiger partial charge < -0.3 is 4.74 Å². The van der Waals surface area contributed by atoms with Crippen LogP contribution in [-0.2, 0) is 5.41 Å². The minimum atomic E-state index is -0.0629. The standard InChI is InChI=1S/C19H22N2O2/c1-11-6-12(2)17-15(7-11)16(22)14(10-23-17)8-13-9-20-21-18(13)19(3,4)5/h6-9H,10H2,1-5H3,(H,20,21)/b14-8+. The number of aromatic amines is 1. The quantitative estimate of drug-likeness (QED) is 0.810. The van der Waals surface area contributed by atoms with Crippen LogP contribution in [0.4, 0.5) is 0 Å². The third-order valence-electron chi connectivity index (χ3n) is 4.08. The third-order valence-corrected chi connectivity index (χ3v) is 4.08. The summed E-state index contributed by atoms with van der Waals surface area (Å²) in [6.07, 6.45) is 3.66. The molecule has 120 valence electrons. The molecule has 1 aromatic carbocycles. The Labute approximate surface area is 136 Å². The first-order valence-electron chi connectivity index (χ1n) is 7.80. The van der Waals surface area contributed by atoms with E-state index in [9.17, 15) is 4.79 Å². The van der Waals surface area contributed by atoms with E-state index >= 15 is 0 Å². The molecule has 0 aliphatic carbocycles. The summed E-state index contributed by atoms with van der Waals surface area (Å²) in [7, 11) is 0. The van der Waals surface area contributed by atoms with E-state index in [1.165, 1.54) is 0 Å². The Kier molecular flexibility index (Phi) is 3.63. The van der Waals surface area contributed by atoms with Crippen LogP contribution in [0.25, 0.3) is 6.08 Å². The zero-order valence-corrected chi connectivity index (χ0v) is 14.3. The van der Waals surface area contributed by atoms with Gasteiger partial charge in [-0.25, -0.2) is 0 Å². The molecule has 1 aliphatic heterocycles. The lowest BCUT2D eigenvalue weighted by molar-refractivity contribution is 0.100. The van der Waals surface area contributed by atoms with Gasteiger partial charge in [-0.05, 0) is 37.1 Å². The molecule has 0 amide bonds. The molecule has 3 rings (SSSR count). The molecule has 1 aliphatic rings. The van der Waals surface area contributed by atoms with Gasteiger partial charge in [0.25, 0.3) is 0 Å². The molecular weight excluding hydrogens is 288 g/mol. The van der Waals surface area contributed by atoms with Crippen LogP contribution < -0.4 is 4.74 Å². The van der Waals surface area contributed by atoms with Gasteiger partial charge in [0.15, 0.2) is 5.78 Å². The average molecular weight is 310 g/mol. The van der Waals surface area contributed by atoms with Crippen molar-refractivity contribution in [2.75, 3.05) is 6.61 Å². The lowest BCUT2D eigenvalue weighted by Gasteiger charge is -2.22. The molecule has 2 aromatic rings. The molecule has 0 atom stereocenters. The highest BCUT2D eigenvalue weighted by atomic mass is 16.5. The normalized spacial score (nSPS) is 16.4. The van der Waals surface area contributed by atoms with E-state index < -0.39 is 0 Å². The fourth-order valence-electron chi connectivity index (χ4n) is 3.00. The molecule has 4 heteroatoms. The van der Waals surface area contributed by atoms with Gasteiger partial charge in [0.2, 0.25) is 0 Å². The van der Waals surface area contributed by atoms with Gasteiger partial charge in [-0.15, -0.1) is 0 Å². The fourth-order valence-corrected chi connectivity index (χ4v) is 3.00. The summed E-state index contributed by atoms with van der Waals surface area (Å²) in [5.41, 5.74) is 5.28. The van der Waals surface area contributed by atoms with Crippen molar-refractivity contribution in [2.45, 2.75) is 40.0 Å². The van der Waals surface area contributed by atoms with Crippen LogP contribution in [0.1, 0.15) is 53.5 Å². The van der Waals surface area contributed by atoms with Crippen molar-refractivity contribution < 1.29 is 9.53 Å². The maximum absolute atomic E-state index is 12.8. The molecule has 0 spiro atoms. The lowest BCUT2D eigenvalue weighted by atomic mass is 9.88. The molecule has 0 radical (unpaired) electrons. The van der Waals surface area contributed by atoms with Gasteiger partial charge in [-0.1, -0.05) is 26.8 Å². The van der Waals surface area contributed by atoms with Crippen molar-refractivity contribution in [3.63, 3.8) is 0 Å². The Morgan fingerprint density at radius 3 is 2.70 bits per heavy atom. The molecule has 0 saturated carbocycles. The van der Waals surface area contributed by atoms with Gasteiger partial charge in [-0.2, -0.15) is 5.10 Å². The molecule has 0 saturated heterocycles. The predicted octanol–water partition coefficient (Wildman–Crippen LogP) is 3.98.